The second kappa shape index (κ2) is 15.0. The lowest BCUT2D eigenvalue weighted by atomic mass is 10.1. The molecule has 0 saturated carbocycles. The van der Waals surface area contributed by atoms with E-state index < -0.39 is 17.8 Å². The summed E-state index contributed by atoms with van der Waals surface area (Å²) >= 11 is 0. The van der Waals surface area contributed by atoms with Crippen molar-refractivity contribution in [2.45, 2.75) is 13.8 Å². The number of benzene rings is 4. The van der Waals surface area contributed by atoms with Crippen LogP contribution in [0.2, 0.25) is 0 Å². The van der Waals surface area contributed by atoms with Gasteiger partial charge in [-0.1, -0.05) is 48.0 Å². The zero-order valence-electron chi connectivity index (χ0n) is 25.0. The molecule has 0 bridgehead atoms. The summed E-state index contributed by atoms with van der Waals surface area (Å²) in [6.07, 6.45) is 3.00. The Balaban J connectivity index is 1.50. The number of esters is 1. The van der Waals surface area contributed by atoms with E-state index in [1.807, 2.05) is 69.2 Å². The molecule has 44 heavy (non-hydrogen) atoms. The minimum atomic E-state index is -0.615. The van der Waals surface area contributed by atoms with Crippen LogP contribution < -0.4 is 25.1 Å². The second-order valence-electron chi connectivity index (χ2n) is 9.96. The summed E-state index contributed by atoms with van der Waals surface area (Å²) < 4.78 is 11.3. The van der Waals surface area contributed by atoms with Crippen LogP contribution in [0.1, 0.15) is 44.3 Å². The summed E-state index contributed by atoms with van der Waals surface area (Å²) in [6.45, 7) is 4.10. The van der Waals surface area contributed by atoms with Crippen LogP contribution in [-0.2, 0) is 4.79 Å². The van der Waals surface area contributed by atoms with E-state index >= 15 is 0 Å². The molecule has 2 N–H and O–H groups in total. The van der Waals surface area contributed by atoms with Crippen molar-refractivity contribution in [3.8, 4) is 11.5 Å². The van der Waals surface area contributed by atoms with Crippen molar-refractivity contribution in [1.29, 1.82) is 0 Å². The Kier molecular flexibility index (Phi) is 10.6. The Morgan fingerprint density at radius 1 is 0.818 bits per heavy atom. The largest absolute Gasteiger partial charge is 0.490 e. The Labute approximate surface area is 256 Å². The Morgan fingerprint density at radius 3 is 2.16 bits per heavy atom. The maximum absolute atomic E-state index is 13.2. The van der Waals surface area contributed by atoms with Crippen molar-refractivity contribution in [3.63, 3.8) is 0 Å². The van der Waals surface area contributed by atoms with Gasteiger partial charge in [0.25, 0.3) is 11.8 Å². The summed E-state index contributed by atoms with van der Waals surface area (Å²) in [5, 5.41) is 6.78. The van der Waals surface area contributed by atoms with E-state index in [1.165, 1.54) is 6.21 Å². The van der Waals surface area contributed by atoms with Gasteiger partial charge in [-0.25, -0.2) is 10.2 Å². The van der Waals surface area contributed by atoms with E-state index in [0.29, 0.717) is 29.0 Å². The van der Waals surface area contributed by atoms with Crippen molar-refractivity contribution in [2.24, 2.45) is 5.10 Å². The Hall–Kier alpha value is -5.70. The van der Waals surface area contributed by atoms with Gasteiger partial charge in [0.05, 0.1) is 18.4 Å². The second-order valence-corrected chi connectivity index (χ2v) is 9.96. The molecule has 9 nitrogen and oxygen atoms in total. The summed E-state index contributed by atoms with van der Waals surface area (Å²) in [7, 11) is 3.87. The number of carbonyl (C=O) groups is 3. The number of nitrogens with one attached hydrogen (secondary N) is 2. The SMILES string of the molecule is CCOc1cc(/C=N\NC(=O)/C(=C/c2ccc(N(C)C)cc2)NC(=O)c2ccccc2)ccc1OC(=O)c1ccc(C)cc1. The summed E-state index contributed by atoms with van der Waals surface area (Å²) in [6, 6.07) is 28.1. The van der Waals surface area contributed by atoms with E-state index in [4.69, 9.17) is 9.47 Å². The number of aryl methyl sites for hydroxylation is 1. The molecule has 0 spiro atoms. The first-order valence-electron chi connectivity index (χ1n) is 14.0. The molecule has 0 saturated heterocycles. The average Bonchev–Trinajstić information content (AvgIpc) is 3.03. The normalized spacial score (nSPS) is 11.1. The first-order valence-corrected chi connectivity index (χ1v) is 14.0. The third-order valence-electron chi connectivity index (χ3n) is 6.39. The number of hydrogen-bond acceptors (Lipinski definition) is 7. The van der Waals surface area contributed by atoms with Crippen LogP contribution >= 0.6 is 0 Å². The fourth-order valence-corrected chi connectivity index (χ4v) is 4.01. The summed E-state index contributed by atoms with van der Waals surface area (Å²) in [4.78, 5) is 40.7. The van der Waals surface area contributed by atoms with Crippen molar-refractivity contribution in [1.82, 2.24) is 10.7 Å². The molecule has 4 aromatic rings. The first-order chi connectivity index (χ1) is 21.2. The van der Waals surface area contributed by atoms with Crippen molar-refractivity contribution < 1.29 is 23.9 Å². The maximum Gasteiger partial charge on any atom is 0.343 e. The standard InChI is InChI=1S/C35H34N4O5/c1-5-43-32-22-26(15-20-31(32)44-35(42)28-16-11-24(2)12-17-28)23-36-38-34(41)30(37-33(40)27-9-7-6-8-10-27)21-25-13-18-29(19-14-25)39(3)4/h6-23H,5H2,1-4H3,(H,37,40)(H,38,41)/b30-21-,36-23-. The van der Waals surface area contributed by atoms with Crippen LogP contribution in [0.15, 0.2) is 108 Å². The fraction of sp³-hybridized carbons (Fsp3) is 0.143. The molecular weight excluding hydrogens is 556 g/mol. The van der Waals surface area contributed by atoms with Crippen molar-refractivity contribution in [2.75, 3.05) is 25.6 Å². The highest BCUT2D eigenvalue weighted by atomic mass is 16.6. The van der Waals surface area contributed by atoms with Crippen LogP contribution in [0, 0.1) is 6.92 Å². The molecule has 0 aromatic heterocycles. The number of nitrogens with zero attached hydrogens (tertiary/aromatic N) is 2. The molecule has 4 rings (SSSR count). The highest BCUT2D eigenvalue weighted by Crippen LogP contribution is 2.29. The quantitative estimate of drug-likeness (QED) is 0.0774. The number of ether oxygens (including phenoxy) is 2. The Morgan fingerprint density at radius 2 is 1.50 bits per heavy atom. The smallest absolute Gasteiger partial charge is 0.343 e. The molecule has 0 unspecified atom stereocenters. The van der Waals surface area contributed by atoms with Crippen LogP contribution in [-0.4, -0.2) is 44.7 Å². The number of amides is 2. The lowest BCUT2D eigenvalue weighted by Crippen LogP contribution is -2.32. The van der Waals surface area contributed by atoms with Gasteiger partial charge in [0, 0.05) is 25.3 Å². The molecule has 0 aliphatic rings. The summed E-state index contributed by atoms with van der Waals surface area (Å²) in [5.74, 6) is -0.949. The molecule has 9 heteroatoms. The minimum absolute atomic E-state index is 0.0157. The van der Waals surface area contributed by atoms with Crippen molar-refractivity contribution in [3.05, 3.63) is 131 Å². The average molecular weight is 591 g/mol. The Bertz CT molecular complexity index is 1660. The van der Waals surface area contributed by atoms with Gasteiger partial charge in [-0.15, -0.1) is 0 Å². The lowest BCUT2D eigenvalue weighted by molar-refractivity contribution is -0.117. The molecule has 0 heterocycles. The van der Waals surface area contributed by atoms with Crippen molar-refractivity contribution >= 4 is 35.8 Å². The van der Waals surface area contributed by atoms with Gasteiger partial charge < -0.3 is 19.7 Å². The van der Waals surface area contributed by atoms with E-state index in [0.717, 1.165) is 16.8 Å². The lowest BCUT2D eigenvalue weighted by Gasteiger charge is -2.13. The van der Waals surface area contributed by atoms with Crippen LogP contribution in [0.3, 0.4) is 0 Å². The number of anilines is 1. The number of rotatable bonds is 11. The highest BCUT2D eigenvalue weighted by Gasteiger charge is 2.15. The molecule has 0 fully saturated rings. The predicted molar refractivity (Wildman–Crippen MR) is 172 cm³/mol. The molecule has 0 radical (unpaired) electrons. The van der Waals surface area contributed by atoms with Gasteiger partial charge >= 0.3 is 5.97 Å². The van der Waals surface area contributed by atoms with Gasteiger partial charge in [-0.2, -0.15) is 5.10 Å². The van der Waals surface area contributed by atoms with Crippen LogP contribution in [0.25, 0.3) is 6.08 Å². The molecule has 2 amide bonds. The predicted octanol–water partition coefficient (Wildman–Crippen LogP) is 5.60. The molecule has 224 valence electrons. The highest BCUT2D eigenvalue weighted by molar-refractivity contribution is 6.05. The zero-order chi connectivity index (χ0) is 31.5. The number of carbonyl (C=O) groups excluding carboxylic acids is 3. The maximum atomic E-state index is 13.2. The van der Waals surface area contributed by atoms with E-state index in [2.05, 4.69) is 15.8 Å². The zero-order valence-corrected chi connectivity index (χ0v) is 25.0. The third kappa shape index (κ3) is 8.65. The monoisotopic (exact) mass is 590 g/mol. The minimum Gasteiger partial charge on any atom is -0.490 e. The molecule has 0 aliphatic carbocycles. The first kappa shape index (κ1) is 31.2. The number of hydrogen-bond donors (Lipinski definition) is 2. The van der Waals surface area contributed by atoms with Crippen LogP contribution in [0.4, 0.5) is 5.69 Å². The van der Waals surface area contributed by atoms with Crippen LogP contribution in [0.5, 0.6) is 11.5 Å². The topological polar surface area (TPSA) is 109 Å². The van der Waals surface area contributed by atoms with Gasteiger partial charge in [-0.05, 0) is 85.6 Å². The fourth-order valence-electron chi connectivity index (χ4n) is 4.01. The molecule has 0 aliphatic heterocycles. The molecule has 4 aromatic carbocycles. The third-order valence-corrected chi connectivity index (χ3v) is 6.39. The van der Waals surface area contributed by atoms with E-state index in [9.17, 15) is 14.4 Å². The van der Waals surface area contributed by atoms with Gasteiger partial charge in [0.2, 0.25) is 0 Å². The molecule has 0 atom stereocenters. The van der Waals surface area contributed by atoms with Gasteiger partial charge in [0.1, 0.15) is 5.70 Å². The number of hydrazone groups is 1. The van der Waals surface area contributed by atoms with Gasteiger partial charge in [-0.3, -0.25) is 9.59 Å². The molecular formula is C35H34N4O5. The van der Waals surface area contributed by atoms with E-state index in [1.54, 1.807) is 66.7 Å². The summed E-state index contributed by atoms with van der Waals surface area (Å²) in [5.41, 5.74) is 6.65. The van der Waals surface area contributed by atoms with Gasteiger partial charge in [0.15, 0.2) is 11.5 Å². The van der Waals surface area contributed by atoms with E-state index in [-0.39, 0.29) is 11.4 Å².